The Kier molecular flexibility index (Phi) is 403. The van der Waals surface area contributed by atoms with Crippen LogP contribution in [0.1, 0.15) is 14.9 Å². The van der Waals surface area contributed by atoms with Gasteiger partial charge in [-0.25, -0.2) is 0 Å². The van der Waals surface area contributed by atoms with E-state index in [1.807, 2.05) is 0 Å². The first-order valence-corrected chi connectivity index (χ1v) is 0. The summed E-state index contributed by atoms with van der Waals surface area (Å²) in [5, 5.41) is 0. The normalized spacial score (nSPS) is 0. The van der Waals surface area contributed by atoms with E-state index in [1.165, 1.54) is 0 Å². The van der Waals surface area contributed by atoms with Crippen LogP contribution in [0.2, 0.25) is 0 Å². The lowest BCUT2D eigenvalue weighted by Crippen LogP contribution is -0.382. The van der Waals surface area contributed by atoms with E-state index >= 15 is 0 Å². The lowest BCUT2D eigenvalue weighted by atomic mass is 12.0. The van der Waals surface area contributed by atoms with E-state index < -0.39 is 0 Å². The molecular weight excluding hydrogens is 75.3 g/mol. The highest BCUT2D eigenvalue weighted by molar-refractivity contribution is 5.76. The lowest BCUT2D eigenvalue weighted by molar-refractivity contribution is 2.50. The van der Waals surface area contributed by atoms with Crippen LogP contribution in [-0.4, -0.2) is 40.4 Å². The molecule has 0 aromatic heterocycles. The van der Waals surface area contributed by atoms with Crippen LogP contribution in [0.15, 0.2) is 0 Å². The van der Waals surface area contributed by atoms with E-state index in [4.69, 9.17) is 0 Å². The third-order valence-corrected chi connectivity index (χ3v) is 0. The van der Waals surface area contributed by atoms with Gasteiger partial charge >= 0.3 is 23.1 Å². The fraction of sp³-hybridized carbons (Fsp3) is 1.00. The first kappa shape index (κ1) is 58.1. The minimum absolute atomic E-state index is 0. The van der Waals surface area contributed by atoms with Crippen molar-refractivity contribution >= 4 is 40.4 Å². The van der Waals surface area contributed by atoms with Crippen molar-refractivity contribution in [2.75, 3.05) is 0 Å². The summed E-state index contributed by atoms with van der Waals surface area (Å²) in [6.07, 6.45) is 0. The maximum absolute atomic E-state index is 0. The molecule has 0 nitrogen and oxygen atoms in total. The van der Waals surface area contributed by atoms with Gasteiger partial charge in [-0.05, 0) is 0 Å². The summed E-state index contributed by atoms with van der Waals surface area (Å²) < 4.78 is 0. The van der Waals surface area contributed by atoms with Crippen LogP contribution in [-0.2, 0) is 0 Å². The zero-order valence-corrected chi connectivity index (χ0v) is 0. The summed E-state index contributed by atoms with van der Waals surface area (Å²) in [6, 6.07) is 0. The van der Waals surface area contributed by atoms with Gasteiger partial charge in [0.1, 0.15) is 0 Å². The molecule has 26 valence electrons. The van der Waals surface area contributed by atoms with E-state index in [-0.39, 0.29) is 55.3 Å². The molecule has 0 atom stereocenters. The molecule has 0 aliphatic carbocycles. The molecule has 4 heavy (non-hydrogen) atoms. The maximum atomic E-state index is 0. The monoisotopic (exact) mass is 88.1 g/mol. The molecule has 0 aliphatic heterocycles. The van der Waals surface area contributed by atoms with Gasteiger partial charge in [0, 0.05) is 0 Å². The third-order valence-electron chi connectivity index (χ3n) is 0. The molecule has 2 heteroatoms. The van der Waals surface area contributed by atoms with Crippen molar-refractivity contribution in [2.45, 2.75) is 14.9 Å². The smallest absolute Gasteiger partial charge is 0.0776 e. The average molecular weight is 88.4 g/mol. The summed E-state index contributed by atoms with van der Waals surface area (Å²) in [4.78, 5) is 0. The predicted molar refractivity (Wildman–Crippen MR) is 31.9 cm³/mol. The fourth-order valence-corrected chi connectivity index (χ4v) is 0. The topological polar surface area (TPSA) is 0 Å². The minimum Gasteiger partial charge on any atom is -0.0776 e. The van der Waals surface area contributed by atoms with Crippen molar-refractivity contribution in [1.29, 1.82) is 0 Å². The second-order valence-corrected chi connectivity index (χ2v) is 0. The van der Waals surface area contributed by atoms with Gasteiger partial charge in [-0.15, -0.1) is 0 Å². The van der Waals surface area contributed by atoms with Gasteiger partial charge in [0.15, 0.2) is 17.4 Å². The molecule has 0 N–H and O–H groups in total. The Balaban J connectivity index is 0. The summed E-state index contributed by atoms with van der Waals surface area (Å²) in [5.41, 5.74) is 0. The molecule has 0 rings (SSSR count). The standard InChI is InChI=1S/2CH4.Al.Mg.5H/h2*1H4;;;;;;;. The highest BCUT2D eigenvalue weighted by Crippen LogP contribution is 0.145. The quantitative estimate of drug-likeness (QED) is 0.339. The van der Waals surface area contributed by atoms with E-state index in [9.17, 15) is 0 Å². The molecule has 0 bridgehead atoms. The van der Waals surface area contributed by atoms with Gasteiger partial charge in [0.05, 0.1) is 0 Å². The number of rotatable bonds is 0. The van der Waals surface area contributed by atoms with Gasteiger partial charge in [0.25, 0.3) is 0 Å². The zero-order valence-electron chi connectivity index (χ0n) is 0. The minimum atomic E-state index is 0. The van der Waals surface area contributed by atoms with Crippen molar-refractivity contribution in [2.24, 2.45) is 0 Å². The fourth-order valence-electron chi connectivity index (χ4n) is 0. The van der Waals surface area contributed by atoms with Crippen LogP contribution in [0.4, 0.5) is 0 Å². The lowest BCUT2D eigenvalue weighted by Gasteiger charge is -0.0786. The summed E-state index contributed by atoms with van der Waals surface area (Å²) in [7, 11) is 0. The molecule has 0 radical (unpaired) electrons. The first-order valence-electron chi connectivity index (χ1n) is 0. The Hall–Kier alpha value is 1.30. The van der Waals surface area contributed by atoms with Crippen LogP contribution in [0.25, 0.3) is 0 Å². The summed E-state index contributed by atoms with van der Waals surface area (Å²) >= 11 is 0. The molecule has 0 spiro atoms. The molecule has 0 aromatic rings. The zero-order chi connectivity index (χ0) is 0. The Morgan fingerprint density at radius 2 is 0.750 bits per heavy atom. The van der Waals surface area contributed by atoms with Gasteiger partial charge in [-0.1, -0.05) is 14.9 Å². The Morgan fingerprint density at radius 1 is 0.750 bits per heavy atom. The van der Waals surface area contributed by atoms with Crippen LogP contribution >= 0.6 is 0 Å². The molecule has 0 amide bonds. The van der Waals surface area contributed by atoms with Gasteiger partial charge in [-0.2, -0.15) is 0 Å². The van der Waals surface area contributed by atoms with Crippen LogP contribution < -0.4 is 0 Å². The molecule has 0 saturated carbocycles. The molecule has 0 heterocycles. The van der Waals surface area contributed by atoms with Crippen molar-refractivity contribution in [3.8, 4) is 0 Å². The van der Waals surface area contributed by atoms with E-state index in [1.54, 1.807) is 0 Å². The molecule has 0 aliphatic rings. The van der Waals surface area contributed by atoms with Gasteiger partial charge in [-0.3, -0.25) is 0 Å². The predicted octanol–water partition coefficient (Wildman–Crippen LogP) is -0.828. The summed E-state index contributed by atoms with van der Waals surface area (Å²) in [5.74, 6) is 0. The van der Waals surface area contributed by atoms with Crippen LogP contribution in [0, 0.1) is 0 Å². The second kappa shape index (κ2) is 27.7. The highest BCUT2D eigenvalue weighted by atomic mass is 27.0. The maximum Gasteiger partial charge on any atom is 0.316 e. The molecule has 0 unspecified atom stereocenters. The molecule has 0 aromatic carbocycles. The van der Waals surface area contributed by atoms with Crippen molar-refractivity contribution in [3.05, 3.63) is 0 Å². The third kappa shape index (κ3) is 10.3. The van der Waals surface area contributed by atoms with E-state index in [0.29, 0.717) is 0 Å². The summed E-state index contributed by atoms with van der Waals surface area (Å²) in [6.45, 7) is 0. The molecular formula is C2H13AlMg. The van der Waals surface area contributed by atoms with E-state index in [2.05, 4.69) is 0 Å². The molecule has 0 saturated heterocycles. The van der Waals surface area contributed by atoms with Crippen LogP contribution in [0.3, 0.4) is 0 Å². The van der Waals surface area contributed by atoms with Crippen molar-refractivity contribution in [3.63, 3.8) is 0 Å². The SMILES string of the molecule is C.C.[AlH3].[MgH2]. The molecule has 0 fully saturated rings. The number of hydrogen-bond acceptors (Lipinski definition) is 0. The first-order chi connectivity index (χ1) is 0. The Morgan fingerprint density at radius 3 is 0.750 bits per heavy atom. The van der Waals surface area contributed by atoms with Crippen molar-refractivity contribution < 1.29 is 0 Å². The van der Waals surface area contributed by atoms with Gasteiger partial charge < -0.3 is 0 Å². The number of hydrogen-bond donors (Lipinski definition) is 0. The highest BCUT2D eigenvalue weighted by Gasteiger charge is 0.316. The van der Waals surface area contributed by atoms with Gasteiger partial charge in [0.2, 0.25) is 0 Å². The average Bonchev–Trinajstić information content (AvgIpc) is 0. The second-order valence-electron chi connectivity index (χ2n) is 0. The van der Waals surface area contributed by atoms with Crippen LogP contribution in [0.5, 0.6) is 0 Å². The Labute approximate surface area is 55.3 Å². The van der Waals surface area contributed by atoms with E-state index in [0.717, 1.165) is 0 Å². The Bertz CT molecular complexity index is 6.00. The van der Waals surface area contributed by atoms with Crippen molar-refractivity contribution in [1.82, 2.24) is 0 Å². The largest absolute Gasteiger partial charge is 0.316 e.